The monoisotopic (exact) mass is 464 g/mol. The Bertz CT molecular complexity index is 1140. The van der Waals surface area contributed by atoms with Crippen molar-refractivity contribution in [3.8, 4) is 0 Å². The van der Waals surface area contributed by atoms with Gasteiger partial charge in [0, 0.05) is 5.56 Å². The Kier molecular flexibility index (Phi) is 6.47. The molecule has 2 aromatic carbocycles. The van der Waals surface area contributed by atoms with Gasteiger partial charge in [-0.15, -0.1) is 0 Å². The third-order valence-electron chi connectivity index (χ3n) is 5.61. The predicted molar refractivity (Wildman–Crippen MR) is 119 cm³/mol. The summed E-state index contributed by atoms with van der Waals surface area (Å²) in [7, 11) is 1.17. The molecule has 3 atom stereocenters. The van der Waals surface area contributed by atoms with Crippen LogP contribution < -0.4 is 0 Å². The molecule has 9 heteroatoms. The fourth-order valence-corrected chi connectivity index (χ4v) is 3.99. The third-order valence-corrected chi connectivity index (χ3v) is 5.61. The number of ether oxygens (including phenoxy) is 3. The quantitative estimate of drug-likeness (QED) is 0.367. The van der Waals surface area contributed by atoms with Crippen molar-refractivity contribution in [3.05, 3.63) is 83.1 Å². The van der Waals surface area contributed by atoms with Gasteiger partial charge < -0.3 is 14.2 Å². The summed E-state index contributed by atoms with van der Waals surface area (Å²) >= 11 is 0. The van der Waals surface area contributed by atoms with Crippen LogP contribution in [0.5, 0.6) is 0 Å². The standard InChI is InChI=1S/C25H24N2O7/c1-15(2)18(24(30)33-14-16-10-6-4-7-11-16)26-21(29)19-22(26)34-23(25(31)32-3)27(19)20(28)17-12-8-5-9-13-17/h4-13,19,22-23H,14H2,1-3H3. The van der Waals surface area contributed by atoms with Crippen LogP contribution in [0.2, 0.25) is 0 Å². The molecule has 2 aromatic rings. The number of hydrogen-bond donors (Lipinski definition) is 0. The van der Waals surface area contributed by atoms with Gasteiger partial charge in [0.15, 0.2) is 12.3 Å². The van der Waals surface area contributed by atoms with Crippen LogP contribution in [0.3, 0.4) is 0 Å². The molecule has 0 N–H and O–H groups in total. The summed E-state index contributed by atoms with van der Waals surface area (Å²) < 4.78 is 16.0. The molecule has 0 bridgehead atoms. The number of fused-ring (bicyclic) bond motifs is 1. The smallest absolute Gasteiger partial charge is 0.356 e. The van der Waals surface area contributed by atoms with Gasteiger partial charge in [-0.1, -0.05) is 48.5 Å². The van der Waals surface area contributed by atoms with E-state index in [9.17, 15) is 19.2 Å². The van der Waals surface area contributed by atoms with E-state index >= 15 is 0 Å². The summed E-state index contributed by atoms with van der Waals surface area (Å²) in [5.41, 5.74) is 1.62. The fourth-order valence-electron chi connectivity index (χ4n) is 3.99. The van der Waals surface area contributed by atoms with Crippen LogP contribution in [0.4, 0.5) is 0 Å². The fraction of sp³-hybridized carbons (Fsp3) is 0.280. The zero-order valence-corrected chi connectivity index (χ0v) is 19.0. The van der Waals surface area contributed by atoms with Gasteiger partial charge in [-0.05, 0) is 37.1 Å². The highest BCUT2D eigenvalue weighted by Gasteiger charge is 2.64. The molecule has 176 valence electrons. The molecule has 2 aliphatic heterocycles. The second-order valence-electron chi connectivity index (χ2n) is 8.04. The van der Waals surface area contributed by atoms with Crippen LogP contribution in [0.1, 0.15) is 29.8 Å². The summed E-state index contributed by atoms with van der Waals surface area (Å²) in [5.74, 6) is -2.63. The number of amides is 2. The van der Waals surface area contributed by atoms with Crippen LogP contribution in [0.25, 0.3) is 0 Å². The Labute approximate surface area is 196 Å². The highest BCUT2D eigenvalue weighted by molar-refractivity contribution is 6.05. The molecule has 3 unspecified atom stereocenters. The zero-order chi connectivity index (χ0) is 24.4. The highest BCUT2D eigenvalue weighted by atomic mass is 16.6. The number of allylic oxidation sites excluding steroid dienone is 1. The average Bonchev–Trinajstić information content (AvgIpc) is 3.21. The molecule has 2 heterocycles. The molecule has 0 aliphatic carbocycles. The molecule has 0 spiro atoms. The van der Waals surface area contributed by atoms with E-state index in [4.69, 9.17) is 14.2 Å². The van der Waals surface area contributed by atoms with E-state index in [-0.39, 0.29) is 17.9 Å². The van der Waals surface area contributed by atoms with Crippen molar-refractivity contribution >= 4 is 23.8 Å². The number of benzene rings is 2. The van der Waals surface area contributed by atoms with Crippen molar-refractivity contribution in [2.45, 2.75) is 39.0 Å². The van der Waals surface area contributed by atoms with Crippen LogP contribution in [-0.4, -0.2) is 59.2 Å². The molecule has 0 aromatic heterocycles. The summed E-state index contributed by atoms with van der Waals surface area (Å²) in [6, 6.07) is 16.3. The number of methoxy groups -OCH3 is 1. The Balaban J connectivity index is 1.59. The Morgan fingerprint density at radius 3 is 2.18 bits per heavy atom. The first-order valence-electron chi connectivity index (χ1n) is 10.7. The minimum Gasteiger partial charge on any atom is -0.466 e. The van der Waals surface area contributed by atoms with E-state index in [1.54, 1.807) is 44.2 Å². The minimum atomic E-state index is -1.43. The van der Waals surface area contributed by atoms with Gasteiger partial charge in [-0.3, -0.25) is 19.4 Å². The van der Waals surface area contributed by atoms with E-state index in [1.807, 2.05) is 30.3 Å². The summed E-state index contributed by atoms with van der Waals surface area (Å²) in [6.07, 6.45) is -2.46. The lowest BCUT2D eigenvalue weighted by Gasteiger charge is -2.43. The summed E-state index contributed by atoms with van der Waals surface area (Å²) in [6.45, 7) is 3.36. The van der Waals surface area contributed by atoms with Gasteiger partial charge in [0.1, 0.15) is 12.3 Å². The van der Waals surface area contributed by atoms with Crippen molar-refractivity contribution < 1.29 is 33.4 Å². The van der Waals surface area contributed by atoms with E-state index in [2.05, 4.69) is 0 Å². The van der Waals surface area contributed by atoms with Gasteiger partial charge in [-0.2, -0.15) is 0 Å². The molecule has 2 amide bonds. The number of carbonyl (C=O) groups is 4. The van der Waals surface area contributed by atoms with Crippen molar-refractivity contribution in [2.75, 3.05) is 7.11 Å². The lowest BCUT2D eigenvalue weighted by molar-refractivity contribution is -0.175. The van der Waals surface area contributed by atoms with E-state index in [0.29, 0.717) is 5.57 Å². The molecule has 34 heavy (non-hydrogen) atoms. The van der Waals surface area contributed by atoms with Crippen molar-refractivity contribution in [3.63, 3.8) is 0 Å². The molecule has 2 fully saturated rings. The third kappa shape index (κ3) is 4.06. The lowest BCUT2D eigenvalue weighted by Crippen LogP contribution is -2.67. The summed E-state index contributed by atoms with van der Waals surface area (Å²) in [4.78, 5) is 54.0. The Morgan fingerprint density at radius 1 is 0.971 bits per heavy atom. The SMILES string of the molecule is COC(=O)C1OC2C(C(=O)N2C(C(=O)OCc2ccccc2)=C(C)C)N1C(=O)c1ccccc1. The number of hydrogen-bond acceptors (Lipinski definition) is 7. The topological polar surface area (TPSA) is 102 Å². The molecule has 2 saturated heterocycles. The number of nitrogens with zero attached hydrogens (tertiary/aromatic N) is 2. The molecular weight excluding hydrogens is 440 g/mol. The van der Waals surface area contributed by atoms with E-state index < -0.39 is 42.3 Å². The van der Waals surface area contributed by atoms with Crippen molar-refractivity contribution in [1.29, 1.82) is 0 Å². The zero-order valence-electron chi connectivity index (χ0n) is 19.0. The maximum Gasteiger partial charge on any atom is 0.356 e. The van der Waals surface area contributed by atoms with Gasteiger partial charge >= 0.3 is 11.9 Å². The maximum absolute atomic E-state index is 13.2. The molecule has 0 radical (unpaired) electrons. The number of rotatable bonds is 6. The van der Waals surface area contributed by atoms with Crippen LogP contribution in [0.15, 0.2) is 71.9 Å². The van der Waals surface area contributed by atoms with Gasteiger partial charge in [0.2, 0.25) is 6.23 Å². The second kappa shape index (κ2) is 9.48. The van der Waals surface area contributed by atoms with Crippen molar-refractivity contribution in [2.24, 2.45) is 0 Å². The predicted octanol–water partition coefficient (Wildman–Crippen LogP) is 2.23. The molecule has 2 aliphatic rings. The largest absolute Gasteiger partial charge is 0.466 e. The van der Waals surface area contributed by atoms with E-state index in [1.165, 1.54) is 7.11 Å². The van der Waals surface area contributed by atoms with Crippen molar-refractivity contribution in [1.82, 2.24) is 9.80 Å². The van der Waals surface area contributed by atoms with Crippen LogP contribution in [0, 0.1) is 0 Å². The first kappa shape index (κ1) is 23.2. The molecular formula is C25H24N2O7. The first-order valence-corrected chi connectivity index (χ1v) is 10.7. The minimum absolute atomic E-state index is 0.0137. The normalized spacial score (nSPS) is 20.8. The van der Waals surface area contributed by atoms with Crippen LogP contribution >= 0.6 is 0 Å². The lowest BCUT2D eigenvalue weighted by atomic mass is 10.00. The number of carbonyl (C=O) groups excluding carboxylic acids is 4. The van der Waals surface area contributed by atoms with Gasteiger partial charge in [0.05, 0.1) is 7.11 Å². The first-order chi connectivity index (χ1) is 16.3. The number of β-lactam (4-membered cyclic amide) rings is 1. The van der Waals surface area contributed by atoms with Gasteiger partial charge in [0.25, 0.3) is 11.8 Å². The van der Waals surface area contributed by atoms with Gasteiger partial charge in [-0.25, -0.2) is 9.59 Å². The maximum atomic E-state index is 13.2. The molecule has 0 saturated carbocycles. The number of likely N-dealkylation sites (tertiary alicyclic amines) is 1. The summed E-state index contributed by atoms with van der Waals surface area (Å²) in [5, 5.41) is 0. The van der Waals surface area contributed by atoms with Crippen LogP contribution in [-0.2, 0) is 35.2 Å². The Morgan fingerprint density at radius 2 is 1.59 bits per heavy atom. The molecule has 4 rings (SSSR count). The highest BCUT2D eigenvalue weighted by Crippen LogP contribution is 2.40. The Hall–Kier alpha value is -3.98. The average molecular weight is 464 g/mol. The number of esters is 2. The van der Waals surface area contributed by atoms with E-state index in [0.717, 1.165) is 15.4 Å². The molecule has 9 nitrogen and oxygen atoms in total. The second-order valence-corrected chi connectivity index (χ2v) is 8.04.